The Balaban J connectivity index is 1.99. The summed E-state index contributed by atoms with van der Waals surface area (Å²) in [5.41, 5.74) is 0.713. The average molecular weight is 408 g/mol. The van der Waals surface area contributed by atoms with E-state index in [0.717, 1.165) is 6.07 Å². The molecule has 0 fully saturated rings. The van der Waals surface area contributed by atoms with Gasteiger partial charge >= 0.3 is 5.97 Å². The number of halogens is 2. The highest BCUT2D eigenvalue weighted by Crippen LogP contribution is 2.17. The maximum Gasteiger partial charge on any atom is 0.341 e. The summed E-state index contributed by atoms with van der Waals surface area (Å²) in [7, 11) is 0. The van der Waals surface area contributed by atoms with E-state index in [-0.39, 0.29) is 11.3 Å². The summed E-state index contributed by atoms with van der Waals surface area (Å²) in [5.74, 6) is -2.33. The van der Waals surface area contributed by atoms with Gasteiger partial charge in [0.25, 0.3) is 5.91 Å². The standard InChI is InChI=1S/C18H15BrFNO4/c1-10(22)12-3-6-14(7-4-12)21-17(23)11(2)25-18(24)15-8-5-13(19)9-16(15)20/h3-9,11H,1-2H3,(H,21,23)/t11-/m1/s1. The monoisotopic (exact) mass is 407 g/mol. The second-order valence-corrected chi connectivity index (χ2v) is 6.21. The van der Waals surface area contributed by atoms with Crippen molar-refractivity contribution in [2.75, 3.05) is 5.32 Å². The molecule has 2 aromatic rings. The normalized spacial score (nSPS) is 11.5. The van der Waals surface area contributed by atoms with Crippen molar-refractivity contribution >= 4 is 39.3 Å². The lowest BCUT2D eigenvalue weighted by Crippen LogP contribution is -2.30. The van der Waals surface area contributed by atoms with Gasteiger partial charge in [-0.3, -0.25) is 9.59 Å². The predicted octanol–water partition coefficient (Wildman–Crippen LogP) is 3.97. The molecule has 5 nitrogen and oxygen atoms in total. The summed E-state index contributed by atoms with van der Waals surface area (Å²) < 4.78 is 19.2. The minimum atomic E-state index is -1.12. The molecule has 0 aromatic heterocycles. The van der Waals surface area contributed by atoms with Crippen molar-refractivity contribution in [2.24, 2.45) is 0 Å². The van der Waals surface area contributed by atoms with Crippen LogP contribution in [0, 0.1) is 5.82 Å². The zero-order valence-corrected chi connectivity index (χ0v) is 15.1. The number of amides is 1. The van der Waals surface area contributed by atoms with E-state index in [0.29, 0.717) is 15.7 Å². The molecule has 0 spiro atoms. The van der Waals surface area contributed by atoms with Gasteiger partial charge in [0.05, 0.1) is 5.56 Å². The first-order chi connectivity index (χ1) is 11.8. The van der Waals surface area contributed by atoms with Gasteiger partial charge in [-0.1, -0.05) is 15.9 Å². The SMILES string of the molecule is CC(=O)c1ccc(NC(=O)[C@@H](C)OC(=O)c2ccc(Br)cc2F)cc1. The number of rotatable bonds is 5. The fourth-order valence-corrected chi connectivity index (χ4v) is 2.30. The van der Waals surface area contributed by atoms with Gasteiger partial charge in [-0.25, -0.2) is 9.18 Å². The molecule has 0 saturated heterocycles. The van der Waals surface area contributed by atoms with Crippen molar-refractivity contribution in [3.05, 3.63) is 63.9 Å². The van der Waals surface area contributed by atoms with Crippen LogP contribution in [0.25, 0.3) is 0 Å². The Morgan fingerprint density at radius 2 is 1.76 bits per heavy atom. The van der Waals surface area contributed by atoms with Crippen LogP contribution in [-0.2, 0) is 9.53 Å². The lowest BCUT2D eigenvalue weighted by atomic mass is 10.1. The number of carbonyl (C=O) groups is 3. The lowest BCUT2D eigenvalue weighted by molar-refractivity contribution is -0.123. The zero-order valence-electron chi connectivity index (χ0n) is 13.5. The number of benzene rings is 2. The number of Topliss-reactive ketones (excluding diaryl/α,β-unsaturated/α-hetero) is 1. The Bertz CT molecular complexity index is 820. The minimum Gasteiger partial charge on any atom is -0.449 e. The second kappa shape index (κ2) is 8.02. The van der Waals surface area contributed by atoms with Crippen molar-refractivity contribution < 1.29 is 23.5 Å². The molecule has 7 heteroatoms. The van der Waals surface area contributed by atoms with Crippen LogP contribution in [0.15, 0.2) is 46.9 Å². The summed E-state index contributed by atoms with van der Waals surface area (Å²) in [4.78, 5) is 35.3. The topological polar surface area (TPSA) is 72.5 Å². The van der Waals surface area contributed by atoms with Crippen molar-refractivity contribution in [1.29, 1.82) is 0 Å². The molecule has 2 aromatic carbocycles. The summed E-state index contributed by atoms with van der Waals surface area (Å²) in [5, 5.41) is 2.56. The number of carbonyl (C=O) groups excluding carboxylic acids is 3. The number of nitrogens with one attached hydrogen (secondary N) is 1. The Labute approximate surface area is 152 Å². The fraction of sp³-hybridized carbons (Fsp3) is 0.167. The first-order valence-electron chi connectivity index (χ1n) is 7.36. The molecule has 0 bridgehead atoms. The number of hydrogen-bond donors (Lipinski definition) is 1. The Hall–Kier alpha value is -2.54. The van der Waals surface area contributed by atoms with E-state index in [9.17, 15) is 18.8 Å². The van der Waals surface area contributed by atoms with Gasteiger partial charge in [0.1, 0.15) is 5.82 Å². The van der Waals surface area contributed by atoms with E-state index in [1.807, 2.05) is 0 Å². The third-order valence-electron chi connectivity index (χ3n) is 3.36. The number of ketones is 1. The predicted molar refractivity (Wildman–Crippen MR) is 94.1 cm³/mol. The number of esters is 1. The molecule has 0 aliphatic heterocycles. The Morgan fingerprint density at radius 1 is 1.12 bits per heavy atom. The highest BCUT2D eigenvalue weighted by molar-refractivity contribution is 9.10. The molecule has 0 saturated carbocycles. The van der Waals surface area contributed by atoms with E-state index < -0.39 is 23.8 Å². The fourth-order valence-electron chi connectivity index (χ4n) is 1.96. The number of ether oxygens (including phenoxy) is 1. The Morgan fingerprint density at radius 3 is 2.32 bits per heavy atom. The molecule has 0 aliphatic carbocycles. The molecular formula is C18H15BrFNO4. The molecular weight excluding hydrogens is 393 g/mol. The average Bonchev–Trinajstić information content (AvgIpc) is 2.55. The summed E-state index contributed by atoms with van der Waals surface area (Å²) in [6.07, 6.45) is -1.12. The molecule has 0 aliphatic rings. The first-order valence-corrected chi connectivity index (χ1v) is 8.15. The largest absolute Gasteiger partial charge is 0.449 e. The van der Waals surface area contributed by atoms with E-state index >= 15 is 0 Å². The highest BCUT2D eigenvalue weighted by Gasteiger charge is 2.21. The van der Waals surface area contributed by atoms with Crippen LogP contribution in [0.3, 0.4) is 0 Å². The van der Waals surface area contributed by atoms with Gasteiger partial charge in [0, 0.05) is 15.7 Å². The van der Waals surface area contributed by atoms with Gasteiger partial charge in [0.2, 0.25) is 0 Å². The molecule has 0 unspecified atom stereocenters. The quantitative estimate of drug-likeness (QED) is 0.600. The van der Waals surface area contributed by atoms with Gasteiger partial charge in [-0.15, -0.1) is 0 Å². The van der Waals surface area contributed by atoms with E-state index in [1.54, 1.807) is 24.3 Å². The maximum absolute atomic E-state index is 13.7. The second-order valence-electron chi connectivity index (χ2n) is 5.29. The molecule has 1 atom stereocenters. The van der Waals surface area contributed by atoms with E-state index in [2.05, 4.69) is 21.2 Å². The van der Waals surface area contributed by atoms with Gasteiger partial charge in [0.15, 0.2) is 11.9 Å². The molecule has 1 amide bonds. The molecule has 25 heavy (non-hydrogen) atoms. The van der Waals surface area contributed by atoms with E-state index in [1.165, 1.54) is 26.0 Å². The molecule has 0 heterocycles. The van der Waals surface area contributed by atoms with Crippen LogP contribution in [0.2, 0.25) is 0 Å². The van der Waals surface area contributed by atoms with Crippen molar-refractivity contribution in [3.8, 4) is 0 Å². The molecule has 2 rings (SSSR count). The van der Waals surface area contributed by atoms with Crippen molar-refractivity contribution in [1.82, 2.24) is 0 Å². The number of hydrogen-bond acceptors (Lipinski definition) is 4. The lowest BCUT2D eigenvalue weighted by Gasteiger charge is -2.14. The summed E-state index contributed by atoms with van der Waals surface area (Å²) in [6, 6.07) is 10.2. The van der Waals surface area contributed by atoms with Crippen molar-refractivity contribution in [3.63, 3.8) is 0 Å². The zero-order chi connectivity index (χ0) is 18.6. The van der Waals surface area contributed by atoms with Gasteiger partial charge in [-0.2, -0.15) is 0 Å². The van der Waals surface area contributed by atoms with Crippen molar-refractivity contribution in [2.45, 2.75) is 20.0 Å². The summed E-state index contributed by atoms with van der Waals surface area (Å²) >= 11 is 3.09. The third kappa shape index (κ3) is 4.96. The van der Waals surface area contributed by atoms with E-state index in [4.69, 9.17) is 4.74 Å². The van der Waals surface area contributed by atoms with Gasteiger partial charge in [-0.05, 0) is 56.3 Å². The maximum atomic E-state index is 13.7. The van der Waals surface area contributed by atoms with Crippen LogP contribution in [0.1, 0.15) is 34.6 Å². The van der Waals surface area contributed by atoms with Crippen LogP contribution in [0.5, 0.6) is 0 Å². The van der Waals surface area contributed by atoms with Crippen LogP contribution in [0.4, 0.5) is 10.1 Å². The van der Waals surface area contributed by atoms with Crippen LogP contribution < -0.4 is 5.32 Å². The smallest absolute Gasteiger partial charge is 0.341 e. The van der Waals surface area contributed by atoms with Crippen LogP contribution >= 0.6 is 15.9 Å². The number of anilines is 1. The third-order valence-corrected chi connectivity index (χ3v) is 3.86. The molecule has 0 radical (unpaired) electrons. The van der Waals surface area contributed by atoms with Gasteiger partial charge < -0.3 is 10.1 Å². The summed E-state index contributed by atoms with van der Waals surface area (Å²) in [6.45, 7) is 2.82. The highest BCUT2D eigenvalue weighted by atomic mass is 79.9. The molecule has 130 valence electrons. The molecule has 1 N–H and O–H groups in total. The van der Waals surface area contributed by atoms with Crippen LogP contribution in [-0.4, -0.2) is 23.8 Å². The minimum absolute atomic E-state index is 0.0864. The first kappa shape index (κ1) is 18.8. The Kier molecular flexibility index (Phi) is 6.03.